The van der Waals surface area contributed by atoms with Crippen molar-refractivity contribution >= 4 is 0 Å². The number of benzene rings is 2. The summed E-state index contributed by atoms with van der Waals surface area (Å²) < 4.78 is 5.34. The molecule has 0 radical (unpaired) electrons. The third-order valence-corrected chi connectivity index (χ3v) is 3.91. The van der Waals surface area contributed by atoms with Crippen LogP contribution in [-0.4, -0.2) is 13.7 Å². The van der Waals surface area contributed by atoms with Gasteiger partial charge in [0.2, 0.25) is 0 Å². The molecule has 0 aliphatic carbocycles. The van der Waals surface area contributed by atoms with E-state index >= 15 is 0 Å². The molecule has 2 nitrogen and oxygen atoms in total. The van der Waals surface area contributed by atoms with Crippen molar-refractivity contribution in [2.24, 2.45) is 0 Å². The van der Waals surface area contributed by atoms with Gasteiger partial charge in [-0.3, -0.25) is 0 Å². The van der Waals surface area contributed by atoms with Crippen LogP contribution in [0.25, 0.3) is 0 Å². The Bertz CT molecular complexity index is 565. The third kappa shape index (κ3) is 4.33. The lowest BCUT2D eigenvalue weighted by Gasteiger charge is -2.19. The predicted molar refractivity (Wildman–Crippen MR) is 88.9 cm³/mol. The molecule has 2 heteroatoms. The quantitative estimate of drug-likeness (QED) is 0.818. The Kier molecular flexibility index (Phi) is 5.82. The Hall–Kier alpha value is -1.80. The van der Waals surface area contributed by atoms with E-state index in [1.54, 1.807) is 7.11 Å². The molecular formula is C19H25NO. The first-order valence-electron chi connectivity index (χ1n) is 7.66. The van der Waals surface area contributed by atoms with Crippen LogP contribution >= 0.6 is 0 Å². The maximum absolute atomic E-state index is 5.34. The fraction of sp³-hybridized carbons (Fsp3) is 0.368. The largest absolute Gasteiger partial charge is 0.497 e. The van der Waals surface area contributed by atoms with Gasteiger partial charge in [-0.05, 0) is 55.1 Å². The number of methoxy groups -OCH3 is 1. The normalized spacial score (nSPS) is 12.1. The van der Waals surface area contributed by atoms with Crippen LogP contribution in [0.15, 0.2) is 48.5 Å². The first-order valence-corrected chi connectivity index (χ1v) is 7.66. The monoisotopic (exact) mass is 283 g/mol. The molecule has 1 atom stereocenters. The van der Waals surface area contributed by atoms with Gasteiger partial charge >= 0.3 is 0 Å². The highest BCUT2D eigenvalue weighted by Crippen LogP contribution is 2.23. The lowest BCUT2D eigenvalue weighted by atomic mass is 9.96. The summed E-state index contributed by atoms with van der Waals surface area (Å²) in [5.41, 5.74) is 4.10. The highest BCUT2D eigenvalue weighted by Gasteiger charge is 2.11. The minimum atomic E-state index is 0.365. The van der Waals surface area contributed by atoms with Gasteiger partial charge in [-0.1, -0.05) is 43.3 Å². The second-order valence-corrected chi connectivity index (χ2v) is 5.35. The first kappa shape index (κ1) is 15.6. The second-order valence-electron chi connectivity index (χ2n) is 5.35. The minimum Gasteiger partial charge on any atom is -0.497 e. The molecule has 0 fully saturated rings. The van der Waals surface area contributed by atoms with E-state index in [1.807, 2.05) is 6.07 Å². The van der Waals surface area contributed by atoms with Crippen LogP contribution < -0.4 is 10.1 Å². The van der Waals surface area contributed by atoms with Gasteiger partial charge in [-0.2, -0.15) is 0 Å². The van der Waals surface area contributed by atoms with Gasteiger partial charge in [0.1, 0.15) is 5.75 Å². The van der Waals surface area contributed by atoms with Crippen LogP contribution in [0.2, 0.25) is 0 Å². The zero-order valence-corrected chi connectivity index (χ0v) is 13.2. The van der Waals surface area contributed by atoms with Gasteiger partial charge in [0.25, 0.3) is 0 Å². The molecule has 0 aliphatic heterocycles. The fourth-order valence-electron chi connectivity index (χ4n) is 2.68. The Morgan fingerprint density at radius 1 is 1.10 bits per heavy atom. The summed E-state index contributed by atoms with van der Waals surface area (Å²) in [6, 6.07) is 17.4. The van der Waals surface area contributed by atoms with Crippen LogP contribution in [0.5, 0.6) is 5.75 Å². The van der Waals surface area contributed by atoms with Gasteiger partial charge in [0.15, 0.2) is 0 Å². The van der Waals surface area contributed by atoms with Crippen LogP contribution in [0.1, 0.15) is 36.1 Å². The molecule has 0 bridgehead atoms. The van der Waals surface area contributed by atoms with Crippen molar-refractivity contribution < 1.29 is 4.74 Å². The van der Waals surface area contributed by atoms with E-state index in [1.165, 1.54) is 16.7 Å². The zero-order valence-electron chi connectivity index (χ0n) is 13.2. The zero-order chi connectivity index (χ0) is 15.1. The second kappa shape index (κ2) is 7.84. The third-order valence-electron chi connectivity index (χ3n) is 3.91. The smallest absolute Gasteiger partial charge is 0.119 e. The van der Waals surface area contributed by atoms with Crippen molar-refractivity contribution in [1.82, 2.24) is 5.32 Å². The minimum absolute atomic E-state index is 0.365. The lowest BCUT2D eigenvalue weighted by Crippen LogP contribution is -2.21. The molecule has 0 saturated heterocycles. The summed E-state index contributed by atoms with van der Waals surface area (Å²) in [5.74, 6) is 0.922. The molecule has 112 valence electrons. The Morgan fingerprint density at radius 2 is 1.90 bits per heavy atom. The average Bonchev–Trinajstić information content (AvgIpc) is 2.53. The van der Waals surface area contributed by atoms with Crippen molar-refractivity contribution in [2.75, 3.05) is 13.7 Å². The molecule has 0 spiro atoms. The Morgan fingerprint density at radius 3 is 2.62 bits per heavy atom. The number of aryl methyl sites for hydroxylation is 2. The van der Waals surface area contributed by atoms with Crippen LogP contribution in [0.3, 0.4) is 0 Å². The van der Waals surface area contributed by atoms with Gasteiger partial charge in [-0.15, -0.1) is 0 Å². The number of hydrogen-bond donors (Lipinski definition) is 1. The van der Waals surface area contributed by atoms with Crippen molar-refractivity contribution in [2.45, 2.75) is 32.7 Å². The van der Waals surface area contributed by atoms with E-state index < -0.39 is 0 Å². The summed E-state index contributed by atoms with van der Waals surface area (Å²) in [7, 11) is 1.72. The van der Waals surface area contributed by atoms with Gasteiger partial charge in [0, 0.05) is 6.04 Å². The molecule has 0 saturated carbocycles. The summed E-state index contributed by atoms with van der Waals surface area (Å²) in [5, 5.41) is 3.58. The summed E-state index contributed by atoms with van der Waals surface area (Å²) in [6.07, 6.45) is 2.17. The van der Waals surface area contributed by atoms with Crippen molar-refractivity contribution in [3.63, 3.8) is 0 Å². The Balaban J connectivity index is 2.10. The molecule has 0 aromatic heterocycles. The molecule has 2 aromatic rings. The molecule has 1 N–H and O–H groups in total. The SMILES string of the molecule is CCNC(CCc1ccccc1C)c1cccc(OC)c1. The Labute approximate surface area is 128 Å². The number of rotatable bonds is 7. The fourth-order valence-corrected chi connectivity index (χ4v) is 2.68. The van der Waals surface area contributed by atoms with E-state index in [0.29, 0.717) is 6.04 Å². The number of hydrogen-bond acceptors (Lipinski definition) is 2. The molecule has 0 amide bonds. The van der Waals surface area contributed by atoms with Crippen LogP contribution in [0, 0.1) is 6.92 Å². The molecular weight excluding hydrogens is 258 g/mol. The van der Waals surface area contributed by atoms with E-state index in [0.717, 1.165) is 25.1 Å². The molecule has 21 heavy (non-hydrogen) atoms. The number of ether oxygens (including phenoxy) is 1. The van der Waals surface area contributed by atoms with Gasteiger partial charge < -0.3 is 10.1 Å². The predicted octanol–water partition coefficient (Wildman–Crippen LogP) is 4.29. The first-order chi connectivity index (χ1) is 10.2. The topological polar surface area (TPSA) is 21.3 Å². The molecule has 2 aromatic carbocycles. The standard InChI is InChI=1S/C19H25NO/c1-4-20-19(17-10-7-11-18(14-17)21-3)13-12-16-9-6-5-8-15(16)2/h5-11,14,19-20H,4,12-13H2,1-3H3. The molecule has 0 heterocycles. The number of nitrogens with one attached hydrogen (secondary N) is 1. The van der Waals surface area contributed by atoms with Crippen molar-refractivity contribution in [3.05, 3.63) is 65.2 Å². The molecule has 2 rings (SSSR count). The summed E-state index contributed by atoms with van der Waals surface area (Å²) >= 11 is 0. The van der Waals surface area contributed by atoms with Gasteiger partial charge in [-0.25, -0.2) is 0 Å². The van der Waals surface area contributed by atoms with E-state index in [9.17, 15) is 0 Å². The van der Waals surface area contributed by atoms with E-state index in [-0.39, 0.29) is 0 Å². The van der Waals surface area contributed by atoms with Crippen LogP contribution in [0.4, 0.5) is 0 Å². The van der Waals surface area contributed by atoms with Crippen LogP contribution in [-0.2, 0) is 6.42 Å². The highest BCUT2D eigenvalue weighted by molar-refractivity contribution is 5.31. The summed E-state index contributed by atoms with van der Waals surface area (Å²) in [6.45, 7) is 5.31. The van der Waals surface area contributed by atoms with E-state index in [2.05, 4.69) is 61.6 Å². The summed E-state index contributed by atoms with van der Waals surface area (Å²) in [4.78, 5) is 0. The average molecular weight is 283 g/mol. The van der Waals surface area contributed by atoms with Gasteiger partial charge in [0.05, 0.1) is 7.11 Å². The molecule has 1 unspecified atom stereocenters. The lowest BCUT2D eigenvalue weighted by molar-refractivity contribution is 0.412. The van der Waals surface area contributed by atoms with Crippen molar-refractivity contribution in [1.29, 1.82) is 0 Å². The molecule has 0 aliphatic rings. The highest BCUT2D eigenvalue weighted by atomic mass is 16.5. The van der Waals surface area contributed by atoms with E-state index in [4.69, 9.17) is 4.74 Å². The maximum Gasteiger partial charge on any atom is 0.119 e. The maximum atomic E-state index is 5.34. The van der Waals surface area contributed by atoms with Crippen molar-refractivity contribution in [3.8, 4) is 5.75 Å².